The van der Waals surface area contributed by atoms with Crippen LogP contribution >= 0.6 is 11.8 Å². The third-order valence-electron chi connectivity index (χ3n) is 5.38. The lowest BCUT2D eigenvalue weighted by Crippen LogP contribution is -2.56. The molecule has 1 saturated carbocycles. The van der Waals surface area contributed by atoms with Gasteiger partial charge in [0.1, 0.15) is 5.37 Å². The van der Waals surface area contributed by atoms with Gasteiger partial charge in [-0.05, 0) is 31.6 Å². The first-order chi connectivity index (χ1) is 10.0. The minimum absolute atomic E-state index is 0.276. The van der Waals surface area contributed by atoms with Crippen LogP contribution in [0.5, 0.6) is 0 Å². The number of piperidine rings is 1. The molecule has 4 atom stereocenters. The molecule has 2 saturated heterocycles. The van der Waals surface area contributed by atoms with Crippen LogP contribution in [-0.2, 0) is 9.84 Å². The fourth-order valence-electron chi connectivity index (χ4n) is 4.22. The maximum absolute atomic E-state index is 12.0. The molecule has 2 aliphatic heterocycles. The van der Waals surface area contributed by atoms with Gasteiger partial charge < -0.3 is 5.32 Å². The lowest BCUT2D eigenvalue weighted by molar-refractivity contribution is 0.142. The monoisotopic (exact) mass is 332 g/mol. The Morgan fingerprint density at radius 2 is 2.00 bits per heavy atom. The van der Waals surface area contributed by atoms with E-state index in [1.54, 1.807) is 11.8 Å². The molecule has 3 rings (SSSR count). The molecule has 6 heteroatoms. The summed E-state index contributed by atoms with van der Waals surface area (Å²) in [5, 5.41) is 3.56. The van der Waals surface area contributed by atoms with Crippen molar-refractivity contribution in [2.75, 3.05) is 30.9 Å². The standard InChI is InChI=1S/C15H28N2O2S2/c1-21(18,19)15-11-20-9-8-17(15)10-13-7-6-12-4-2-3-5-14(12)16-13/h12-16H,2-11H2,1H3. The van der Waals surface area contributed by atoms with Gasteiger partial charge in [0.2, 0.25) is 0 Å². The van der Waals surface area contributed by atoms with Gasteiger partial charge in [0.05, 0.1) is 0 Å². The van der Waals surface area contributed by atoms with Crippen molar-refractivity contribution < 1.29 is 8.42 Å². The van der Waals surface area contributed by atoms with Crippen molar-refractivity contribution in [2.45, 2.75) is 56.0 Å². The van der Waals surface area contributed by atoms with E-state index in [1.807, 2.05) is 0 Å². The highest BCUT2D eigenvalue weighted by molar-refractivity contribution is 8.00. The van der Waals surface area contributed by atoms with Crippen molar-refractivity contribution in [3.8, 4) is 0 Å². The third-order valence-corrected chi connectivity index (χ3v) is 8.07. The number of nitrogens with one attached hydrogen (secondary N) is 1. The van der Waals surface area contributed by atoms with Crippen LogP contribution in [0, 0.1) is 5.92 Å². The molecule has 122 valence electrons. The van der Waals surface area contributed by atoms with Crippen molar-refractivity contribution in [3.63, 3.8) is 0 Å². The molecule has 2 heterocycles. The van der Waals surface area contributed by atoms with Gasteiger partial charge in [0, 0.05) is 42.9 Å². The van der Waals surface area contributed by atoms with Crippen molar-refractivity contribution in [1.82, 2.24) is 10.2 Å². The van der Waals surface area contributed by atoms with Crippen LogP contribution in [0.2, 0.25) is 0 Å². The first-order valence-corrected chi connectivity index (χ1v) is 11.4. The van der Waals surface area contributed by atoms with Gasteiger partial charge in [-0.1, -0.05) is 12.8 Å². The maximum atomic E-state index is 12.0. The number of nitrogens with zero attached hydrogens (tertiary/aromatic N) is 1. The van der Waals surface area contributed by atoms with Gasteiger partial charge in [-0.2, -0.15) is 11.8 Å². The van der Waals surface area contributed by atoms with Crippen LogP contribution in [0.15, 0.2) is 0 Å². The molecule has 0 aromatic carbocycles. The van der Waals surface area contributed by atoms with Crippen molar-refractivity contribution in [1.29, 1.82) is 0 Å². The minimum Gasteiger partial charge on any atom is -0.310 e. The second kappa shape index (κ2) is 6.77. The third kappa shape index (κ3) is 3.95. The normalized spacial score (nSPS) is 38.9. The fourth-order valence-corrected chi connectivity index (χ4v) is 7.17. The van der Waals surface area contributed by atoms with E-state index in [4.69, 9.17) is 0 Å². The van der Waals surface area contributed by atoms with E-state index in [9.17, 15) is 8.42 Å². The summed E-state index contributed by atoms with van der Waals surface area (Å²) in [6.07, 6.45) is 9.38. The van der Waals surface area contributed by atoms with E-state index in [0.717, 1.165) is 30.5 Å². The molecule has 1 N–H and O–H groups in total. The Labute approximate surface area is 133 Å². The Morgan fingerprint density at radius 3 is 2.81 bits per heavy atom. The first kappa shape index (κ1) is 16.1. The second-order valence-electron chi connectivity index (χ2n) is 6.95. The summed E-state index contributed by atoms with van der Waals surface area (Å²) in [5.41, 5.74) is 0. The maximum Gasteiger partial charge on any atom is 0.164 e. The molecule has 4 unspecified atom stereocenters. The summed E-state index contributed by atoms with van der Waals surface area (Å²) >= 11 is 1.77. The van der Waals surface area contributed by atoms with Gasteiger partial charge >= 0.3 is 0 Å². The Morgan fingerprint density at radius 1 is 1.19 bits per heavy atom. The predicted molar refractivity (Wildman–Crippen MR) is 89.4 cm³/mol. The zero-order chi connectivity index (χ0) is 14.9. The predicted octanol–water partition coefficient (Wildman–Crippen LogP) is 1.72. The van der Waals surface area contributed by atoms with Gasteiger partial charge in [-0.3, -0.25) is 4.90 Å². The van der Waals surface area contributed by atoms with Gasteiger partial charge in [-0.15, -0.1) is 0 Å². The highest BCUT2D eigenvalue weighted by atomic mass is 32.2. The Kier molecular flexibility index (Phi) is 5.19. The lowest BCUT2D eigenvalue weighted by Gasteiger charge is -2.43. The van der Waals surface area contributed by atoms with Crippen LogP contribution < -0.4 is 5.32 Å². The Hall–Kier alpha value is 0.220. The highest BCUT2D eigenvalue weighted by Crippen LogP contribution is 2.33. The first-order valence-electron chi connectivity index (χ1n) is 8.31. The van der Waals surface area contributed by atoms with E-state index in [0.29, 0.717) is 12.1 Å². The van der Waals surface area contributed by atoms with E-state index >= 15 is 0 Å². The van der Waals surface area contributed by atoms with Crippen molar-refractivity contribution in [2.24, 2.45) is 5.92 Å². The molecule has 21 heavy (non-hydrogen) atoms. The molecule has 4 nitrogen and oxygen atoms in total. The molecule has 0 radical (unpaired) electrons. The summed E-state index contributed by atoms with van der Waals surface area (Å²) in [7, 11) is -2.97. The zero-order valence-electron chi connectivity index (χ0n) is 13.0. The minimum atomic E-state index is -2.97. The number of hydrogen-bond acceptors (Lipinski definition) is 5. The second-order valence-corrected chi connectivity index (χ2v) is 10.3. The van der Waals surface area contributed by atoms with E-state index in [1.165, 1.54) is 44.8 Å². The topological polar surface area (TPSA) is 49.4 Å². The van der Waals surface area contributed by atoms with Gasteiger partial charge in [0.15, 0.2) is 9.84 Å². The van der Waals surface area contributed by atoms with Crippen LogP contribution in [0.1, 0.15) is 38.5 Å². The molecule has 0 bridgehead atoms. The fraction of sp³-hybridized carbons (Fsp3) is 1.00. The molecule has 3 aliphatic rings. The number of thioether (sulfide) groups is 1. The Bertz CT molecular complexity index is 455. The highest BCUT2D eigenvalue weighted by Gasteiger charge is 2.36. The van der Waals surface area contributed by atoms with Crippen LogP contribution in [0.4, 0.5) is 0 Å². The lowest BCUT2D eigenvalue weighted by atomic mass is 9.78. The summed E-state index contributed by atoms with van der Waals surface area (Å²) in [6, 6.07) is 1.17. The van der Waals surface area contributed by atoms with Crippen LogP contribution in [0.25, 0.3) is 0 Å². The summed E-state index contributed by atoms with van der Waals surface area (Å²) < 4.78 is 24.0. The largest absolute Gasteiger partial charge is 0.310 e. The van der Waals surface area contributed by atoms with E-state index in [2.05, 4.69) is 10.2 Å². The van der Waals surface area contributed by atoms with E-state index < -0.39 is 9.84 Å². The number of hydrogen-bond donors (Lipinski definition) is 1. The molecule has 0 amide bonds. The molecular weight excluding hydrogens is 304 g/mol. The number of sulfone groups is 1. The van der Waals surface area contributed by atoms with Crippen molar-refractivity contribution in [3.05, 3.63) is 0 Å². The van der Waals surface area contributed by atoms with Gasteiger partial charge in [0.25, 0.3) is 0 Å². The summed E-state index contributed by atoms with van der Waals surface area (Å²) in [6.45, 7) is 1.82. The van der Waals surface area contributed by atoms with Crippen LogP contribution in [-0.4, -0.2) is 61.6 Å². The van der Waals surface area contributed by atoms with Crippen molar-refractivity contribution >= 4 is 21.6 Å². The van der Waals surface area contributed by atoms with Crippen LogP contribution in [0.3, 0.4) is 0 Å². The molecule has 0 aromatic rings. The zero-order valence-corrected chi connectivity index (χ0v) is 14.6. The summed E-state index contributed by atoms with van der Waals surface area (Å²) in [5.74, 6) is 2.67. The SMILES string of the molecule is CS(=O)(=O)C1CSCCN1CC1CCC2CCCCC2N1. The number of rotatable bonds is 3. The molecule has 0 spiro atoms. The van der Waals surface area contributed by atoms with E-state index in [-0.39, 0.29) is 5.37 Å². The average Bonchev–Trinajstić information content (AvgIpc) is 2.46. The smallest absolute Gasteiger partial charge is 0.164 e. The number of fused-ring (bicyclic) bond motifs is 1. The molecule has 1 aliphatic carbocycles. The Balaban J connectivity index is 1.60. The average molecular weight is 333 g/mol. The quantitative estimate of drug-likeness (QED) is 0.853. The summed E-state index contributed by atoms with van der Waals surface area (Å²) in [4.78, 5) is 2.21. The van der Waals surface area contributed by atoms with Gasteiger partial charge in [-0.25, -0.2) is 8.42 Å². The molecule has 3 fully saturated rings. The molecule has 0 aromatic heterocycles. The molecular formula is C15H28N2O2S2.